The van der Waals surface area contributed by atoms with Crippen LogP contribution in [0.25, 0.3) is 0 Å². The van der Waals surface area contributed by atoms with Crippen LogP contribution in [-0.2, 0) is 4.74 Å². The Morgan fingerprint density at radius 3 is 2.81 bits per heavy atom. The van der Waals surface area contributed by atoms with E-state index in [0.717, 1.165) is 10.2 Å². The molecule has 0 aliphatic rings. The van der Waals surface area contributed by atoms with E-state index < -0.39 is 5.54 Å². The minimum absolute atomic E-state index is 0.309. The van der Waals surface area contributed by atoms with Crippen molar-refractivity contribution in [1.82, 2.24) is 0 Å². The van der Waals surface area contributed by atoms with E-state index in [1.165, 1.54) is 0 Å². The van der Waals surface area contributed by atoms with Crippen LogP contribution in [0.5, 0.6) is 0 Å². The standard InChI is InChI=1S/C11H12BrClN2O/c1-11(6-14,7-16-2)15-8-3-4-10(13)9(12)5-8/h3-5,15H,7H2,1-2H3. The Bertz CT molecular complexity index is 419. The van der Waals surface area contributed by atoms with Gasteiger partial charge in [0.25, 0.3) is 0 Å². The number of methoxy groups -OCH3 is 1. The molecule has 0 aromatic heterocycles. The zero-order valence-electron chi connectivity index (χ0n) is 9.05. The lowest BCUT2D eigenvalue weighted by atomic mass is 10.1. The summed E-state index contributed by atoms with van der Waals surface area (Å²) in [5, 5.41) is 12.8. The Hall–Kier alpha value is -0.760. The van der Waals surface area contributed by atoms with Gasteiger partial charge in [-0.3, -0.25) is 0 Å². The molecule has 1 rings (SSSR count). The van der Waals surface area contributed by atoms with Gasteiger partial charge in [-0.2, -0.15) is 5.26 Å². The second-order valence-corrected chi connectivity index (χ2v) is 4.89. The average molecular weight is 304 g/mol. The summed E-state index contributed by atoms with van der Waals surface area (Å²) in [6, 6.07) is 7.58. The number of ether oxygens (including phenoxy) is 1. The molecule has 0 fully saturated rings. The molecule has 0 bridgehead atoms. The largest absolute Gasteiger partial charge is 0.381 e. The van der Waals surface area contributed by atoms with Crippen molar-refractivity contribution in [2.24, 2.45) is 0 Å². The molecule has 1 N–H and O–H groups in total. The normalized spacial score (nSPS) is 13.9. The van der Waals surface area contributed by atoms with Crippen molar-refractivity contribution in [3.63, 3.8) is 0 Å². The SMILES string of the molecule is COCC(C)(C#N)Nc1ccc(Cl)c(Br)c1. The fourth-order valence-electron chi connectivity index (χ4n) is 1.28. The van der Waals surface area contributed by atoms with Crippen molar-refractivity contribution >= 4 is 33.2 Å². The molecular weight excluding hydrogens is 291 g/mol. The number of halogens is 2. The number of hydrogen-bond acceptors (Lipinski definition) is 3. The number of rotatable bonds is 4. The molecule has 1 unspecified atom stereocenters. The molecule has 0 aliphatic carbocycles. The number of hydrogen-bond donors (Lipinski definition) is 1. The summed E-state index contributed by atoms with van der Waals surface area (Å²) in [5.41, 5.74) is 0.0690. The maximum Gasteiger partial charge on any atom is 0.146 e. The molecule has 0 amide bonds. The molecular formula is C11H12BrClN2O. The van der Waals surface area contributed by atoms with E-state index in [2.05, 4.69) is 27.3 Å². The third-order valence-electron chi connectivity index (χ3n) is 2.02. The van der Waals surface area contributed by atoms with Crippen LogP contribution >= 0.6 is 27.5 Å². The summed E-state index contributed by atoms with van der Waals surface area (Å²) in [7, 11) is 1.56. The smallest absolute Gasteiger partial charge is 0.146 e. The van der Waals surface area contributed by atoms with Gasteiger partial charge in [-0.05, 0) is 41.1 Å². The summed E-state index contributed by atoms with van der Waals surface area (Å²) < 4.78 is 5.79. The van der Waals surface area contributed by atoms with Crippen LogP contribution in [0.2, 0.25) is 5.02 Å². The van der Waals surface area contributed by atoms with Gasteiger partial charge in [0, 0.05) is 17.3 Å². The highest BCUT2D eigenvalue weighted by atomic mass is 79.9. The van der Waals surface area contributed by atoms with Crippen LogP contribution in [0, 0.1) is 11.3 Å². The van der Waals surface area contributed by atoms with E-state index in [4.69, 9.17) is 21.6 Å². The molecule has 1 aromatic carbocycles. The molecule has 0 radical (unpaired) electrons. The first-order chi connectivity index (χ1) is 7.50. The number of nitrogens with zero attached hydrogens (tertiary/aromatic N) is 1. The molecule has 0 aliphatic heterocycles. The van der Waals surface area contributed by atoms with Crippen molar-refractivity contribution in [3.05, 3.63) is 27.7 Å². The van der Waals surface area contributed by atoms with Crippen LogP contribution in [-0.4, -0.2) is 19.3 Å². The highest BCUT2D eigenvalue weighted by Crippen LogP contribution is 2.27. The molecule has 1 aromatic rings. The van der Waals surface area contributed by atoms with E-state index >= 15 is 0 Å². The quantitative estimate of drug-likeness (QED) is 0.926. The Morgan fingerprint density at radius 1 is 1.62 bits per heavy atom. The summed E-state index contributed by atoms with van der Waals surface area (Å²) in [6.45, 7) is 2.09. The summed E-state index contributed by atoms with van der Waals surface area (Å²) in [4.78, 5) is 0. The lowest BCUT2D eigenvalue weighted by Crippen LogP contribution is -2.37. The van der Waals surface area contributed by atoms with E-state index in [0.29, 0.717) is 11.6 Å². The molecule has 86 valence electrons. The van der Waals surface area contributed by atoms with Crippen molar-refractivity contribution in [1.29, 1.82) is 5.26 Å². The predicted octanol–water partition coefficient (Wildman–Crippen LogP) is 3.44. The van der Waals surface area contributed by atoms with Crippen LogP contribution in [0.1, 0.15) is 6.92 Å². The fourth-order valence-corrected chi connectivity index (χ4v) is 1.77. The van der Waals surface area contributed by atoms with Gasteiger partial charge in [0.05, 0.1) is 17.7 Å². The molecule has 0 saturated heterocycles. The first-order valence-electron chi connectivity index (χ1n) is 4.64. The van der Waals surface area contributed by atoms with Crippen molar-refractivity contribution in [2.45, 2.75) is 12.5 Å². The maximum atomic E-state index is 9.07. The Labute approximate surface area is 108 Å². The van der Waals surface area contributed by atoms with Crippen LogP contribution in [0.15, 0.2) is 22.7 Å². The fraction of sp³-hybridized carbons (Fsp3) is 0.364. The van der Waals surface area contributed by atoms with E-state index in [9.17, 15) is 0 Å². The second-order valence-electron chi connectivity index (χ2n) is 3.63. The number of anilines is 1. The summed E-state index contributed by atoms with van der Waals surface area (Å²) in [6.07, 6.45) is 0. The Balaban J connectivity index is 2.87. The lowest BCUT2D eigenvalue weighted by molar-refractivity contribution is 0.171. The number of nitrogens with one attached hydrogen (secondary N) is 1. The summed E-state index contributed by atoms with van der Waals surface area (Å²) >= 11 is 9.21. The Morgan fingerprint density at radius 2 is 2.31 bits per heavy atom. The molecule has 5 heteroatoms. The van der Waals surface area contributed by atoms with Crippen molar-refractivity contribution in [3.8, 4) is 6.07 Å². The number of benzene rings is 1. The topological polar surface area (TPSA) is 45.0 Å². The highest BCUT2D eigenvalue weighted by Gasteiger charge is 2.23. The van der Waals surface area contributed by atoms with Crippen LogP contribution in [0.3, 0.4) is 0 Å². The van der Waals surface area contributed by atoms with Gasteiger partial charge >= 0.3 is 0 Å². The zero-order chi connectivity index (χ0) is 12.2. The third-order valence-corrected chi connectivity index (χ3v) is 3.23. The van der Waals surface area contributed by atoms with Gasteiger partial charge in [0.1, 0.15) is 5.54 Å². The average Bonchev–Trinajstić information content (AvgIpc) is 2.24. The second kappa shape index (κ2) is 5.53. The highest BCUT2D eigenvalue weighted by molar-refractivity contribution is 9.10. The molecule has 0 heterocycles. The molecule has 0 spiro atoms. The molecule has 0 saturated carbocycles. The van der Waals surface area contributed by atoms with Gasteiger partial charge < -0.3 is 10.1 Å². The van der Waals surface area contributed by atoms with Gasteiger partial charge in [-0.25, -0.2) is 0 Å². The first kappa shape index (κ1) is 13.3. The van der Waals surface area contributed by atoms with E-state index in [1.807, 2.05) is 12.1 Å². The summed E-state index contributed by atoms with van der Waals surface area (Å²) in [5.74, 6) is 0. The maximum absolute atomic E-state index is 9.07. The van der Waals surface area contributed by atoms with Gasteiger partial charge in [-0.1, -0.05) is 11.6 Å². The number of nitriles is 1. The third kappa shape index (κ3) is 3.38. The zero-order valence-corrected chi connectivity index (χ0v) is 11.4. The predicted molar refractivity (Wildman–Crippen MR) is 68.7 cm³/mol. The van der Waals surface area contributed by atoms with E-state index in [-0.39, 0.29) is 0 Å². The van der Waals surface area contributed by atoms with Crippen LogP contribution in [0.4, 0.5) is 5.69 Å². The minimum atomic E-state index is -0.748. The van der Waals surface area contributed by atoms with Crippen molar-refractivity contribution < 1.29 is 4.74 Å². The van der Waals surface area contributed by atoms with Gasteiger partial charge in [-0.15, -0.1) is 0 Å². The van der Waals surface area contributed by atoms with Gasteiger partial charge in [0.2, 0.25) is 0 Å². The van der Waals surface area contributed by atoms with E-state index in [1.54, 1.807) is 20.1 Å². The lowest BCUT2D eigenvalue weighted by Gasteiger charge is -2.23. The molecule has 1 atom stereocenters. The molecule has 16 heavy (non-hydrogen) atoms. The molecule has 3 nitrogen and oxygen atoms in total. The first-order valence-corrected chi connectivity index (χ1v) is 5.81. The monoisotopic (exact) mass is 302 g/mol. The van der Waals surface area contributed by atoms with Gasteiger partial charge in [0.15, 0.2) is 0 Å². The van der Waals surface area contributed by atoms with Crippen molar-refractivity contribution in [2.75, 3.05) is 19.0 Å². The Kier molecular flexibility index (Phi) is 4.60. The van der Waals surface area contributed by atoms with Crippen LogP contribution < -0.4 is 5.32 Å². The minimum Gasteiger partial charge on any atom is -0.381 e.